The van der Waals surface area contributed by atoms with Crippen LogP contribution < -0.4 is 70.8 Å². The Morgan fingerprint density at radius 3 is 1.45 bits per heavy atom. The molecule has 27 nitrogen and oxygen atoms in total. The molecule has 0 aromatic heterocycles. The molecule has 20 N–H and O–H groups in total. The van der Waals surface area contributed by atoms with Gasteiger partial charge in [-0.15, -0.1) is 0 Å². The maximum absolute atomic E-state index is 14.1. The number of aliphatic hydroxyl groups excluding tert-OH is 1. The molecule has 9 atom stereocenters. The Kier molecular flexibility index (Phi) is 31.9. The number of aliphatic carboxylic acids is 1. The average molecular weight is 1170 g/mol. The second-order valence-electron chi connectivity index (χ2n) is 21.7. The average Bonchev–Trinajstić information content (AvgIpc) is 3.48. The van der Waals surface area contributed by atoms with Gasteiger partial charge in [0.05, 0.1) is 19.2 Å². The minimum atomic E-state index is -1.66. The first kappa shape index (κ1) is 71.2. The highest BCUT2D eigenvalue weighted by molar-refractivity contribution is 5.98. The molecule has 0 aliphatic carbocycles. The summed E-state index contributed by atoms with van der Waals surface area (Å²) in [4.78, 5) is 139. The number of nitrogens with one attached hydrogen (secondary N) is 9. The number of hydrogen-bond donors (Lipinski definition) is 16. The fourth-order valence-electron chi connectivity index (χ4n) is 8.44. The Morgan fingerprint density at radius 2 is 0.940 bits per heavy atom. The van der Waals surface area contributed by atoms with Crippen LogP contribution in [0.1, 0.15) is 111 Å². The molecule has 27 heteroatoms. The second kappa shape index (κ2) is 37.2. The van der Waals surface area contributed by atoms with Crippen molar-refractivity contribution in [2.45, 2.75) is 167 Å². The Morgan fingerprint density at radius 1 is 0.506 bits per heavy atom. The minimum Gasteiger partial charge on any atom is -0.508 e. The van der Waals surface area contributed by atoms with E-state index in [-0.39, 0.29) is 87.5 Å². The molecule has 0 aliphatic rings. The van der Waals surface area contributed by atoms with E-state index in [1.54, 1.807) is 70.2 Å². The second-order valence-corrected chi connectivity index (χ2v) is 21.7. The number of aromatic hydroxyl groups is 1. The summed E-state index contributed by atoms with van der Waals surface area (Å²) in [7, 11) is 0. The van der Waals surface area contributed by atoms with E-state index in [2.05, 4.69) is 52.8 Å². The van der Waals surface area contributed by atoms with E-state index in [4.69, 9.17) is 22.9 Å². The number of rotatable bonds is 38. The molecule has 0 fully saturated rings. The lowest BCUT2D eigenvalue weighted by Gasteiger charge is -2.27. The topological polar surface area (TPSA) is 456 Å². The molecule has 2 aromatic rings. The zero-order valence-electron chi connectivity index (χ0n) is 48.7. The predicted molar refractivity (Wildman–Crippen MR) is 310 cm³/mol. The Bertz CT molecular complexity index is 2460. The van der Waals surface area contributed by atoms with Crippen LogP contribution in [-0.4, -0.2) is 161 Å². The third-order valence-electron chi connectivity index (χ3n) is 12.8. The molecule has 0 bridgehead atoms. The van der Waals surface area contributed by atoms with Crippen molar-refractivity contribution < 1.29 is 63.3 Å². The highest BCUT2D eigenvalue weighted by Gasteiger charge is 2.34. The van der Waals surface area contributed by atoms with Crippen LogP contribution in [0.3, 0.4) is 0 Å². The molecule has 9 amide bonds. The number of benzene rings is 2. The Balaban J connectivity index is 2.32. The Labute approximate surface area is 485 Å². The van der Waals surface area contributed by atoms with Gasteiger partial charge in [0.2, 0.25) is 53.2 Å². The van der Waals surface area contributed by atoms with Gasteiger partial charge in [-0.25, -0.2) is 0 Å². The fourth-order valence-corrected chi connectivity index (χ4v) is 8.44. The van der Waals surface area contributed by atoms with Gasteiger partial charge in [-0.1, -0.05) is 84.0 Å². The van der Waals surface area contributed by atoms with E-state index < -0.39 is 127 Å². The van der Waals surface area contributed by atoms with Gasteiger partial charge in [-0.3, -0.25) is 52.9 Å². The van der Waals surface area contributed by atoms with E-state index in [1.807, 2.05) is 13.8 Å². The number of carboxylic acids is 1. The molecule has 2 aromatic carbocycles. The Hall–Kier alpha value is -7.91. The van der Waals surface area contributed by atoms with E-state index in [1.165, 1.54) is 19.1 Å². The molecule has 0 saturated carbocycles. The van der Waals surface area contributed by atoms with E-state index in [0.29, 0.717) is 30.4 Å². The molecule has 0 radical (unpaired) electrons. The molecular formula is C56H90N14O13. The third-order valence-corrected chi connectivity index (χ3v) is 12.8. The monoisotopic (exact) mass is 1170 g/mol. The minimum absolute atomic E-state index is 0.00887. The van der Waals surface area contributed by atoms with E-state index >= 15 is 0 Å². The van der Waals surface area contributed by atoms with Crippen LogP contribution in [0.25, 0.3) is 0 Å². The van der Waals surface area contributed by atoms with Crippen LogP contribution in [-0.2, 0) is 60.8 Å². The summed E-state index contributed by atoms with van der Waals surface area (Å²) in [5.41, 5.74) is 24.1. The highest BCUT2D eigenvalue weighted by Crippen LogP contribution is 2.15. The lowest BCUT2D eigenvalue weighted by atomic mass is 9.99. The van der Waals surface area contributed by atoms with Crippen molar-refractivity contribution in [2.24, 2.45) is 45.7 Å². The van der Waals surface area contributed by atoms with Crippen LogP contribution in [0.4, 0.5) is 0 Å². The number of aliphatic hydroxyl groups is 1. The quantitative estimate of drug-likeness (QED) is 0.0195. The number of guanidine groups is 1. The number of nitrogens with zero attached hydrogens (tertiary/aromatic N) is 1. The zero-order chi connectivity index (χ0) is 62.3. The van der Waals surface area contributed by atoms with Crippen molar-refractivity contribution in [1.82, 2.24) is 47.9 Å². The highest BCUT2D eigenvalue weighted by atomic mass is 16.4. The molecule has 83 heavy (non-hydrogen) atoms. The SMILES string of the molecule is CC(C)C[C@H](NC(=O)[C@H](CCCN=C(N)N)NC(=O)CNC(=O)[C@H](CCCCN)NC(=O)[C@H](CO)NC(=O)[C@H](CC(C)C)NC(=O)[C@H](Cc1ccc(O)cc1)NC(=O)[C@@H](N)CC(C)C)C(=O)N[C@@H](Cc1ccccc1)C(=O)N[C@@H](C)C(=O)O. The molecular weight excluding hydrogens is 1080 g/mol. The van der Waals surface area contributed by atoms with Gasteiger partial charge in [-0.2, -0.15) is 0 Å². The normalized spacial score (nSPS) is 14.4. The van der Waals surface area contributed by atoms with Crippen molar-refractivity contribution in [3.8, 4) is 5.75 Å². The van der Waals surface area contributed by atoms with Crippen molar-refractivity contribution in [2.75, 3.05) is 26.2 Å². The first-order chi connectivity index (χ1) is 39.1. The standard InChI is InChI=1S/C56H90N14O13/c1-31(2)24-38(58)47(74)66-44(28-36-18-20-37(72)21-19-36)53(80)68-42(26-33(5)6)52(79)70-45(30-71)54(81)65-39(16-11-12-22-57)48(75)62-29-46(73)64-40(17-13-23-61-56(59)60)49(76)67-41(25-32(3)4)51(78)69-43(27-35-14-9-8-10-15-35)50(77)63-34(7)55(82)83/h8-10,14-15,18-21,31-34,38-45,71-72H,11-13,16-17,22-30,57-58H2,1-7H3,(H,62,75)(H,63,77)(H,64,73)(H,65,81)(H,66,74)(H,67,76)(H,68,80)(H,69,78)(H,70,79)(H,82,83)(H4,59,60,61)/t34-,38-,39-,40-,41-,42-,43-,44-,45-/m0/s1. The van der Waals surface area contributed by atoms with Gasteiger partial charge in [0.1, 0.15) is 54.1 Å². The third kappa shape index (κ3) is 28.1. The van der Waals surface area contributed by atoms with Gasteiger partial charge in [0.25, 0.3) is 0 Å². The van der Waals surface area contributed by atoms with Crippen LogP contribution in [0, 0.1) is 17.8 Å². The fraction of sp³-hybridized carbons (Fsp3) is 0.589. The number of unbranched alkanes of at least 4 members (excludes halogenated alkanes) is 1. The lowest BCUT2D eigenvalue weighted by molar-refractivity contribution is -0.141. The number of carbonyl (C=O) groups excluding carboxylic acids is 9. The molecule has 462 valence electrons. The van der Waals surface area contributed by atoms with Gasteiger partial charge in [0, 0.05) is 19.4 Å². The first-order valence-corrected chi connectivity index (χ1v) is 28.0. The van der Waals surface area contributed by atoms with Gasteiger partial charge >= 0.3 is 5.97 Å². The number of phenolic OH excluding ortho intramolecular Hbond substituents is 1. The number of carboxylic acid groups (broad SMARTS) is 1. The van der Waals surface area contributed by atoms with Gasteiger partial charge in [0.15, 0.2) is 5.96 Å². The van der Waals surface area contributed by atoms with E-state index in [0.717, 1.165) is 0 Å². The van der Waals surface area contributed by atoms with Crippen LogP contribution in [0.2, 0.25) is 0 Å². The zero-order valence-corrected chi connectivity index (χ0v) is 48.7. The summed E-state index contributed by atoms with van der Waals surface area (Å²) in [6.07, 6.45) is 1.19. The summed E-state index contributed by atoms with van der Waals surface area (Å²) in [6.45, 7) is 10.8. The van der Waals surface area contributed by atoms with Crippen molar-refractivity contribution >= 4 is 65.1 Å². The summed E-state index contributed by atoms with van der Waals surface area (Å²) in [5, 5.41) is 52.7. The van der Waals surface area contributed by atoms with Crippen LogP contribution >= 0.6 is 0 Å². The van der Waals surface area contributed by atoms with Crippen molar-refractivity contribution in [3.63, 3.8) is 0 Å². The first-order valence-electron chi connectivity index (χ1n) is 28.0. The summed E-state index contributed by atoms with van der Waals surface area (Å²) < 4.78 is 0. The van der Waals surface area contributed by atoms with Gasteiger partial charge < -0.3 is 86.1 Å². The predicted octanol–water partition coefficient (Wildman–Crippen LogP) is -2.08. The summed E-state index contributed by atoms with van der Waals surface area (Å²) >= 11 is 0. The van der Waals surface area contributed by atoms with E-state index in [9.17, 15) is 63.3 Å². The summed E-state index contributed by atoms with van der Waals surface area (Å²) in [6, 6.07) is 2.98. The smallest absolute Gasteiger partial charge is 0.325 e. The molecule has 0 heterocycles. The molecule has 0 spiro atoms. The molecule has 0 unspecified atom stereocenters. The maximum Gasteiger partial charge on any atom is 0.325 e. The van der Waals surface area contributed by atoms with Crippen LogP contribution in [0.5, 0.6) is 5.75 Å². The number of nitrogens with two attached hydrogens (primary N) is 4. The molecule has 0 aliphatic heterocycles. The number of amides is 9. The number of hydrogen-bond acceptors (Lipinski definition) is 15. The number of aliphatic imine (C=N–C) groups is 1. The number of carbonyl (C=O) groups is 10. The molecule has 0 saturated heterocycles. The maximum atomic E-state index is 14.1. The van der Waals surface area contributed by atoms with Crippen LogP contribution in [0.15, 0.2) is 59.6 Å². The number of phenols is 1. The van der Waals surface area contributed by atoms with Gasteiger partial charge in [-0.05, 0) is 106 Å². The van der Waals surface area contributed by atoms with Crippen molar-refractivity contribution in [1.29, 1.82) is 0 Å². The summed E-state index contributed by atoms with van der Waals surface area (Å²) in [5.74, 6) is -9.20. The largest absolute Gasteiger partial charge is 0.508 e. The van der Waals surface area contributed by atoms with Crippen molar-refractivity contribution in [3.05, 3.63) is 65.7 Å². The lowest BCUT2D eigenvalue weighted by Crippen LogP contribution is -2.60. The molecule has 2 rings (SSSR count).